The zero-order valence-corrected chi connectivity index (χ0v) is 12.1. The monoisotopic (exact) mass is 273 g/mol. The summed E-state index contributed by atoms with van der Waals surface area (Å²) in [5, 5.41) is 12.8. The van der Waals surface area contributed by atoms with E-state index in [-0.39, 0.29) is 5.91 Å². The number of para-hydroxylation sites is 1. The number of benzene rings is 1. The number of H-pyrrole nitrogens is 1. The van der Waals surface area contributed by atoms with Crippen molar-refractivity contribution in [2.24, 2.45) is 0 Å². The number of hydrogen-bond donors (Lipinski definition) is 3. The molecule has 6 nitrogen and oxygen atoms in total. The van der Waals surface area contributed by atoms with Gasteiger partial charge in [-0.15, -0.1) is 0 Å². The first-order chi connectivity index (χ1) is 9.44. The van der Waals surface area contributed by atoms with Crippen LogP contribution in [-0.2, 0) is 4.79 Å². The average Bonchev–Trinajstić information content (AvgIpc) is 2.85. The predicted molar refractivity (Wildman–Crippen MR) is 78.3 cm³/mol. The lowest BCUT2D eigenvalue weighted by molar-refractivity contribution is -0.121. The second kappa shape index (κ2) is 5.42. The van der Waals surface area contributed by atoms with Crippen molar-refractivity contribution in [3.63, 3.8) is 0 Å². The molecule has 0 bridgehead atoms. The van der Waals surface area contributed by atoms with Gasteiger partial charge in [0, 0.05) is 5.56 Å². The standard InChI is InChI=1S/C14H19N5O/c1-9-16-12(19-18-9)10-7-5-6-8-11(10)17-13(20)14(2,3)15-4/h5-8,15H,1-4H3,(H,17,20)(H,16,18,19). The third-order valence-electron chi connectivity index (χ3n) is 3.21. The van der Waals surface area contributed by atoms with Crippen LogP contribution in [0.25, 0.3) is 11.4 Å². The Bertz CT molecular complexity index is 618. The van der Waals surface area contributed by atoms with Crippen LogP contribution in [0.5, 0.6) is 0 Å². The molecule has 2 rings (SSSR count). The van der Waals surface area contributed by atoms with E-state index in [4.69, 9.17) is 0 Å². The number of nitrogens with zero attached hydrogens (tertiary/aromatic N) is 2. The van der Waals surface area contributed by atoms with Gasteiger partial charge in [0.1, 0.15) is 5.82 Å². The number of likely N-dealkylation sites (N-methyl/N-ethyl adjacent to an activating group) is 1. The van der Waals surface area contributed by atoms with Gasteiger partial charge >= 0.3 is 0 Å². The highest BCUT2D eigenvalue weighted by molar-refractivity contribution is 6.00. The van der Waals surface area contributed by atoms with E-state index in [1.807, 2.05) is 45.0 Å². The number of aromatic amines is 1. The van der Waals surface area contributed by atoms with Gasteiger partial charge in [-0.25, -0.2) is 4.98 Å². The molecule has 0 saturated heterocycles. The zero-order valence-electron chi connectivity index (χ0n) is 12.1. The van der Waals surface area contributed by atoms with Crippen molar-refractivity contribution in [2.75, 3.05) is 12.4 Å². The molecule has 6 heteroatoms. The number of aryl methyl sites for hydroxylation is 1. The van der Waals surface area contributed by atoms with Gasteiger partial charge in [0.25, 0.3) is 0 Å². The minimum Gasteiger partial charge on any atom is -0.324 e. The van der Waals surface area contributed by atoms with Gasteiger partial charge in [0.15, 0.2) is 5.82 Å². The van der Waals surface area contributed by atoms with Crippen molar-refractivity contribution < 1.29 is 4.79 Å². The molecule has 0 aliphatic rings. The highest BCUT2D eigenvalue weighted by atomic mass is 16.2. The van der Waals surface area contributed by atoms with E-state index < -0.39 is 5.54 Å². The highest BCUT2D eigenvalue weighted by Gasteiger charge is 2.26. The number of hydrogen-bond acceptors (Lipinski definition) is 4. The number of amides is 1. The SMILES string of the molecule is CNC(C)(C)C(=O)Nc1ccccc1-c1n[nH]c(C)n1. The Morgan fingerprint density at radius 3 is 2.60 bits per heavy atom. The summed E-state index contributed by atoms with van der Waals surface area (Å²) in [7, 11) is 1.75. The maximum absolute atomic E-state index is 12.2. The molecule has 20 heavy (non-hydrogen) atoms. The van der Waals surface area contributed by atoms with E-state index in [0.29, 0.717) is 11.5 Å². The Balaban J connectivity index is 2.32. The van der Waals surface area contributed by atoms with E-state index in [0.717, 1.165) is 11.4 Å². The highest BCUT2D eigenvalue weighted by Crippen LogP contribution is 2.25. The van der Waals surface area contributed by atoms with Crippen LogP contribution in [0.4, 0.5) is 5.69 Å². The third-order valence-corrected chi connectivity index (χ3v) is 3.21. The number of carbonyl (C=O) groups excluding carboxylic acids is 1. The van der Waals surface area contributed by atoms with Crippen molar-refractivity contribution in [2.45, 2.75) is 26.3 Å². The zero-order chi connectivity index (χ0) is 14.8. The minimum absolute atomic E-state index is 0.111. The summed E-state index contributed by atoms with van der Waals surface area (Å²) in [6, 6.07) is 7.47. The Hall–Kier alpha value is -2.21. The second-order valence-corrected chi connectivity index (χ2v) is 5.12. The van der Waals surface area contributed by atoms with Gasteiger partial charge < -0.3 is 10.6 Å². The summed E-state index contributed by atoms with van der Waals surface area (Å²) in [6.07, 6.45) is 0. The van der Waals surface area contributed by atoms with E-state index in [9.17, 15) is 4.79 Å². The van der Waals surface area contributed by atoms with Crippen LogP contribution in [0, 0.1) is 6.92 Å². The van der Waals surface area contributed by atoms with E-state index >= 15 is 0 Å². The molecule has 0 aliphatic heterocycles. The summed E-state index contributed by atoms with van der Waals surface area (Å²) in [5.74, 6) is 1.19. The molecule has 0 fully saturated rings. The number of rotatable bonds is 4. The van der Waals surface area contributed by atoms with Crippen molar-refractivity contribution in [3.8, 4) is 11.4 Å². The van der Waals surface area contributed by atoms with Gasteiger partial charge in [0.2, 0.25) is 5.91 Å². The quantitative estimate of drug-likeness (QED) is 0.792. The Labute approximate surface area is 118 Å². The summed E-state index contributed by atoms with van der Waals surface area (Å²) in [6.45, 7) is 5.48. The van der Waals surface area contributed by atoms with Crippen LogP contribution >= 0.6 is 0 Å². The summed E-state index contributed by atoms with van der Waals surface area (Å²) < 4.78 is 0. The number of aromatic nitrogens is 3. The first kappa shape index (κ1) is 14.2. The molecule has 3 N–H and O–H groups in total. The van der Waals surface area contributed by atoms with Crippen LogP contribution in [0.2, 0.25) is 0 Å². The number of anilines is 1. The normalized spacial score (nSPS) is 11.4. The Morgan fingerprint density at radius 1 is 1.30 bits per heavy atom. The van der Waals surface area contributed by atoms with Crippen molar-refractivity contribution in [3.05, 3.63) is 30.1 Å². The molecule has 0 aliphatic carbocycles. The maximum atomic E-state index is 12.2. The summed E-state index contributed by atoms with van der Waals surface area (Å²) in [4.78, 5) is 16.5. The third kappa shape index (κ3) is 2.85. The van der Waals surface area contributed by atoms with Gasteiger partial charge in [-0.3, -0.25) is 9.89 Å². The number of nitrogens with one attached hydrogen (secondary N) is 3. The van der Waals surface area contributed by atoms with Crippen LogP contribution in [0.1, 0.15) is 19.7 Å². The van der Waals surface area contributed by atoms with E-state index in [1.54, 1.807) is 7.05 Å². The molecule has 0 atom stereocenters. The lowest BCUT2D eigenvalue weighted by Gasteiger charge is -2.23. The van der Waals surface area contributed by atoms with Gasteiger partial charge in [-0.1, -0.05) is 12.1 Å². The molecular formula is C14H19N5O. The molecule has 2 aromatic rings. The fourth-order valence-electron chi connectivity index (χ4n) is 1.64. The Morgan fingerprint density at radius 2 is 2.00 bits per heavy atom. The molecule has 1 aromatic carbocycles. The first-order valence-corrected chi connectivity index (χ1v) is 6.43. The van der Waals surface area contributed by atoms with Crippen LogP contribution in [0.15, 0.2) is 24.3 Å². The van der Waals surface area contributed by atoms with Gasteiger partial charge in [-0.2, -0.15) is 5.10 Å². The predicted octanol–water partition coefficient (Wildman–Crippen LogP) is 1.72. The van der Waals surface area contributed by atoms with E-state index in [1.165, 1.54) is 0 Å². The molecule has 0 spiro atoms. The average molecular weight is 273 g/mol. The van der Waals surface area contributed by atoms with Crippen LogP contribution in [0.3, 0.4) is 0 Å². The van der Waals surface area contributed by atoms with Crippen LogP contribution in [-0.4, -0.2) is 33.7 Å². The summed E-state index contributed by atoms with van der Waals surface area (Å²) in [5.41, 5.74) is 0.833. The van der Waals surface area contributed by atoms with Gasteiger partial charge in [-0.05, 0) is 40.0 Å². The molecule has 1 heterocycles. The maximum Gasteiger partial charge on any atom is 0.244 e. The topological polar surface area (TPSA) is 82.7 Å². The van der Waals surface area contributed by atoms with Crippen molar-refractivity contribution >= 4 is 11.6 Å². The van der Waals surface area contributed by atoms with Crippen molar-refractivity contribution in [1.29, 1.82) is 0 Å². The fraction of sp³-hybridized carbons (Fsp3) is 0.357. The molecule has 0 radical (unpaired) electrons. The number of carbonyl (C=O) groups is 1. The Kier molecular flexibility index (Phi) is 3.85. The summed E-state index contributed by atoms with van der Waals surface area (Å²) >= 11 is 0. The van der Waals surface area contributed by atoms with Crippen molar-refractivity contribution in [1.82, 2.24) is 20.5 Å². The van der Waals surface area contributed by atoms with Gasteiger partial charge in [0.05, 0.1) is 11.2 Å². The van der Waals surface area contributed by atoms with Crippen LogP contribution < -0.4 is 10.6 Å². The molecule has 106 valence electrons. The molecule has 1 amide bonds. The molecular weight excluding hydrogens is 254 g/mol. The first-order valence-electron chi connectivity index (χ1n) is 6.43. The van der Waals surface area contributed by atoms with E-state index in [2.05, 4.69) is 25.8 Å². The largest absolute Gasteiger partial charge is 0.324 e. The lowest BCUT2D eigenvalue weighted by atomic mass is 10.0. The molecule has 0 unspecified atom stereocenters. The molecule has 0 saturated carbocycles. The second-order valence-electron chi connectivity index (χ2n) is 5.12. The smallest absolute Gasteiger partial charge is 0.244 e. The molecule has 1 aromatic heterocycles. The lowest BCUT2D eigenvalue weighted by Crippen LogP contribution is -2.47. The fourth-order valence-corrected chi connectivity index (χ4v) is 1.64. The minimum atomic E-state index is -0.651.